The van der Waals surface area contributed by atoms with Crippen LogP contribution in [0.15, 0.2) is 0 Å². The van der Waals surface area contributed by atoms with Crippen molar-refractivity contribution in [3.63, 3.8) is 0 Å². The molecule has 0 aliphatic carbocycles. The molecule has 1 N–H and O–H groups in total. The van der Waals surface area contributed by atoms with Crippen LogP contribution in [0.3, 0.4) is 0 Å². The Morgan fingerprint density at radius 3 is 2.53 bits per heavy atom. The van der Waals surface area contributed by atoms with E-state index in [1.807, 2.05) is 13.8 Å². The molecule has 5 nitrogen and oxygen atoms in total. The summed E-state index contributed by atoms with van der Waals surface area (Å²) in [7, 11) is 1.24. The lowest BCUT2D eigenvalue weighted by atomic mass is 10.0. The maximum atomic E-state index is 13.0. The molecule has 1 saturated heterocycles. The molecule has 17 heavy (non-hydrogen) atoms. The van der Waals surface area contributed by atoms with Crippen molar-refractivity contribution in [3.05, 3.63) is 0 Å². The normalized spacial score (nSPS) is 21.5. The van der Waals surface area contributed by atoms with Gasteiger partial charge < -0.3 is 15.0 Å². The summed E-state index contributed by atoms with van der Waals surface area (Å²) in [5.74, 6) is -0.314. The van der Waals surface area contributed by atoms with Crippen molar-refractivity contribution >= 4 is 12.0 Å². The summed E-state index contributed by atoms with van der Waals surface area (Å²) in [5.41, 5.74) is 0. The Hall–Kier alpha value is -1.33. The van der Waals surface area contributed by atoms with Gasteiger partial charge in [-0.05, 0) is 12.3 Å². The molecule has 0 spiro atoms. The monoisotopic (exact) mass is 246 g/mol. The number of nitrogens with zero attached hydrogens (tertiary/aromatic N) is 1. The minimum atomic E-state index is -0.954. The first-order valence-electron chi connectivity index (χ1n) is 5.73. The van der Waals surface area contributed by atoms with Crippen LogP contribution in [-0.4, -0.2) is 49.3 Å². The maximum absolute atomic E-state index is 13.0. The highest BCUT2D eigenvalue weighted by Gasteiger charge is 2.33. The van der Waals surface area contributed by atoms with Crippen molar-refractivity contribution in [2.75, 3.05) is 20.2 Å². The zero-order chi connectivity index (χ0) is 13.0. The van der Waals surface area contributed by atoms with E-state index in [0.29, 0.717) is 13.0 Å². The average Bonchev–Trinajstić information content (AvgIpc) is 2.71. The molecule has 0 aromatic rings. The van der Waals surface area contributed by atoms with E-state index in [9.17, 15) is 14.0 Å². The predicted molar refractivity (Wildman–Crippen MR) is 60.3 cm³/mol. The van der Waals surface area contributed by atoms with Gasteiger partial charge in [0, 0.05) is 6.54 Å². The van der Waals surface area contributed by atoms with Crippen LogP contribution in [0.2, 0.25) is 0 Å². The Balaban J connectivity index is 2.63. The van der Waals surface area contributed by atoms with E-state index in [1.165, 1.54) is 12.0 Å². The lowest BCUT2D eigenvalue weighted by Gasteiger charge is -2.26. The second kappa shape index (κ2) is 5.84. The summed E-state index contributed by atoms with van der Waals surface area (Å²) >= 11 is 0. The third kappa shape index (κ3) is 3.57. The van der Waals surface area contributed by atoms with Crippen LogP contribution in [0, 0.1) is 5.92 Å². The minimum absolute atomic E-state index is 0.0692. The maximum Gasteiger partial charge on any atom is 0.407 e. The number of carbonyl (C=O) groups is 2. The van der Waals surface area contributed by atoms with Crippen molar-refractivity contribution in [1.82, 2.24) is 10.2 Å². The fourth-order valence-electron chi connectivity index (χ4n) is 1.81. The second-order valence-electron chi connectivity index (χ2n) is 4.53. The molecule has 0 aromatic heterocycles. The Morgan fingerprint density at radius 2 is 2.12 bits per heavy atom. The molecule has 1 aliphatic heterocycles. The van der Waals surface area contributed by atoms with Crippen LogP contribution < -0.4 is 5.32 Å². The Labute approximate surface area is 100 Å². The summed E-state index contributed by atoms with van der Waals surface area (Å²) < 4.78 is 17.5. The molecular weight excluding hydrogens is 227 g/mol. The van der Waals surface area contributed by atoms with Crippen LogP contribution in [-0.2, 0) is 9.53 Å². The third-order valence-electron chi connectivity index (χ3n) is 2.83. The summed E-state index contributed by atoms with van der Waals surface area (Å²) in [6.45, 7) is 4.17. The van der Waals surface area contributed by atoms with Gasteiger partial charge >= 0.3 is 6.09 Å². The van der Waals surface area contributed by atoms with Gasteiger partial charge in [0.25, 0.3) is 0 Å². The van der Waals surface area contributed by atoms with Gasteiger partial charge in [0.05, 0.1) is 13.7 Å². The smallest absolute Gasteiger partial charge is 0.407 e. The molecule has 1 heterocycles. The van der Waals surface area contributed by atoms with E-state index in [4.69, 9.17) is 0 Å². The van der Waals surface area contributed by atoms with Crippen LogP contribution in [0.1, 0.15) is 20.3 Å². The first-order chi connectivity index (χ1) is 7.95. The molecule has 6 heteroatoms. The summed E-state index contributed by atoms with van der Waals surface area (Å²) in [4.78, 5) is 24.7. The van der Waals surface area contributed by atoms with Gasteiger partial charge in [-0.3, -0.25) is 4.79 Å². The largest absolute Gasteiger partial charge is 0.453 e. The molecule has 2 atom stereocenters. The molecule has 0 bridgehead atoms. The van der Waals surface area contributed by atoms with Crippen molar-refractivity contribution < 1.29 is 18.7 Å². The van der Waals surface area contributed by atoms with Gasteiger partial charge in [0.15, 0.2) is 0 Å². The van der Waals surface area contributed by atoms with Crippen LogP contribution in [0.4, 0.5) is 9.18 Å². The van der Waals surface area contributed by atoms with Crippen molar-refractivity contribution in [3.8, 4) is 0 Å². The van der Waals surface area contributed by atoms with Gasteiger partial charge in [0.1, 0.15) is 12.2 Å². The Morgan fingerprint density at radius 1 is 1.47 bits per heavy atom. The van der Waals surface area contributed by atoms with Gasteiger partial charge in [-0.2, -0.15) is 0 Å². The van der Waals surface area contributed by atoms with Crippen LogP contribution in [0.25, 0.3) is 0 Å². The van der Waals surface area contributed by atoms with E-state index in [0.717, 1.165) is 0 Å². The van der Waals surface area contributed by atoms with Gasteiger partial charge in [-0.15, -0.1) is 0 Å². The fourth-order valence-corrected chi connectivity index (χ4v) is 1.81. The molecular formula is C11H19FN2O3. The predicted octanol–water partition coefficient (Wildman–Crippen LogP) is 0.937. The summed E-state index contributed by atoms with van der Waals surface area (Å²) in [5, 5.41) is 2.48. The van der Waals surface area contributed by atoms with Gasteiger partial charge in [-0.1, -0.05) is 13.8 Å². The number of ether oxygens (including phenoxy) is 1. The SMILES string of the molecule is COC(=O)N[C@H](C(=O)N1CCC(F)C1)C(C)C. The molecule has 1 fully saturated rings. The number of methoxy groups -OCH3 is 1. The van der Waals surface area contributed by atoms with Crippen molar-refractivity contribution in [1.29, 1.82) is 0 Å². The van der Waals surface area contributed by atoms with Crippen LogP contribution in [0.5, 0.6) is 0 Å². The number of alkyl halides is 1. The lowest BCUT2D eigenvalue weighted by molar-refractivity contribution is -0.133. The highest BCUT2D eigenvalue weighted by molar-refractivity contribution is 5.86. The fraction of sp³-hybridized carbons (Fsp3) is 0.818. The zero-order valence-electron chi connectivity index (χ0n) is 10.4. The number of likely N-dealkylation sites (tertiary alicyclic amines) is 1. The number of alkyl carbamates (subject to hydrolysis) is 1. The Kier molecular flexibility index (Phi) is 4.72. The number of hydrogen-bond donors (Lipinski definition) is 1. The van der Waals surface area contributed by atoms with Gasteiger partial charge in [0.2, 0.25) is 5.91 Å². The second-order valence-corrected chi connectivity index (χ2v) is 4.53. The highest BCUT2D eigenvalue weighted by atomic mass is 19.1. The van der Waals surface area contributed by atoms with Gasteiger partial charge in [-0.25, -0.2) is 9.18 Å². The van der Waals surface area contributed by atoms with E-state index in [2.05, 4.69) is 10.1 Å². The van der Waals surface area contributed by atoms with E-state index < -0.39 is 18.3 Å². The first kappa shape index (κ1) is 13.7. The Bertz CT molecular complexity index is 296. The van der Waals surface area contributed by atoms with E-state index >= 15 is 0 Å². The van der Waals surface area contributed by atoms with Crippen molar-refractivity contribution in [2.45, 2.75) is 32.5 Å². The molecule has 0 saturated carbocycles. The molecule has 1 unspecified atom stereocenters. The lowest BCUT2D eigenvalue weighted by Crippen LogP contribution is -2.50. The van der Waals surface area contributed by atoms with Crippen molar-refractivity contribution in [2.24, 2.45) is 5.92 Å². The first-order valence-corrected chi connectivity index (χ1v) is 5.73. The highest BCUT2D eigenvalue weighted by Crippen LogP contribution is 2.15. The van der Waals surface area contributed by atoms with Crippen LogP contribution >= 0.6 is 0 Å². The molecule has 98 valence electrons. The average molecular weight is 246 g/mol. The molecule has 0 radical (unpaired) electrons. The molecule has 1 aliphatic rings. The number of nitrogens with one attached hydrogen (secondary N) is 1. The molecule has 1 rings (SSSR count). The standard InChI is InChI=1S/C11H19FN2O3/c1-7(2)9(13-11(16)17-3)10(15)14-5-4-8(12)6-14/h7-9H,4-6H2,1-3H3,(H,13,16)/t8?,9-/m0/s1. The quantitative estimate of drug-likeness (QED) is 0.806. The number of carbonyl (C=O) groups excluding carboxylic acids is 2. The minimum Gasteiger partial charge on any atom is -0.453 e. The summed E-state index contributed by atoms with van der Waals surface area (Å²) in [6, 6.07) is -0.659. The number of hydrogen-bond acceptors (Lipinski definition) is 3. The summed E-state index contributed by atoms with van der Waals surface area (Å²) in [6.07, 6.45) is -1.23. The molecule has 2 amide bonds. The number of halogens is 1. The molecule has 0 aromatic carbocycles. The third-order valence-corrected chi connectivity index (χ3v) is 2.83. The number of rotatable bonds is 3. The number of amides is 2. The van der Waals surface area contributed by atoms with E-state index in [1.54, 1.807) is 0 Å². The van der Waals surface area contributed by atoms with E-state index in [-0.39, 0.29) is 18.4 Å². The zero-order valence-corrected chi connectivity index (χ0v) is 10.4. The topological polar surface area (TPSA) is 58.6 Å².